The molecule has 0 saturated heterocycles. The molecule has 0 radical (unpaired) electrons. The van der Waals surface area contributed by atoms with Crippen molar-refractivity contribution in [1.82, 2.24) is 0 Å². The Morgan fingerprint density at radius 2 is 1.25 bits per heavy atom. The fourth-order valence-electron chi connectivity index (χ4n) is 0. The van der Waals surface area contributed by atoms with Crippen LogP contribution in [0.3, 0.4) is 0 Å². The SMILES string of the molecule is O.[CaH2].[O]=[Ni]. The van der Waals surface area contributed by atoms with Crippen molar-refractivity contribution in [2.24, 2.45) is 0 Å². The van der Waals surface area contributed by atoms with Crippen LogP contribution in [0, 0.1) is 0 Å². The maximum absolute atomic E-state index is 7.88. The van der Waals surface area contributed by atoms with Crippen LogP contribution in [0.5, 0.6) is 0 Å². The Bertz CT molecular complexity index is 6.00. The minimum absolute atomic E-state index is 0. The normalized spacial score (nSPS) is 1.50. The van der Waals surface area contributed by atoms with E-state index in [1.807, 2.05) is 0 Å². The van der Waals surface area contributed by atoms with Crippen LogP contribution in [0.2, 0.25) is 0 Å². The predicted octanol–water partition coefficient (Wildman–Crippen LogP) is -1.86. The summed E-state index contributed by atoms with van der Waals surface area (Å²) in [5.41, 5.74) is 0. The van der Waals surface area contributed by atoms with E-state index >= 15 is 0 Å². The standard InChI is InChI=1S/Ca.Ni.H2O.O.2H/h;;1H2;;;. The Hall–Kier alpha value is 1.51. The summed E-state index contributed by atoms with van der Waals surface area (Å²) in [6.07, 6.45) is 0. The summed E-state index contributed by atoms with van der Waals surface area (Å²) < 4.78 is 7.88. The molecule has 28 valence electrons. The van der Waals surface area contributed by atoms with Crippen molar-refractivity contribution >= 4 is 37.7 Å². The molecule has 0 aromatic carbocycles. The minimum atomic E-state index is 0. The topological polar surface area (TPSA) is 48.6 Å². The molecule has 0 aliphatic heterocycles. The second-order valence-corrected chi connectivity index (χ2v) is 0. The van der Waals surface area contributed by atoms with Crippen molar-refractivity contribution in [2.45, 2.75) is 0 Å². The van der Waals surface area contributed by atoms with E-state index in [2.05, 4.69) is 15.4 Å². The van der Waals surface area contributed by atoms with E-state index in [1.54, 1.807) is 0 Å². The molecule has 0 aromatic heterocycles. The van der Waals surface area contributed by atoms with E-state index in [0.717, 1.165) is 0 Å². The van der Waals surface area contributed by atoms with E-state index in [-0.39, 0.29) is 43.2 Å². The molecule has 0 amide bonds. The van der Waals surface area contributed by atoms with Gasteiger partial charge in [-0.3, -0.25) is 0 Å². The predicted molar refractivity (Wildman–Crippen MR) is 12.8 cm³/mol. The molecule has 0 aliphatic carbocycles. The van der Waals surface area contributed by atoms with Crippen molar-refractivity contribution in [3.8, 4) is 0 Å². The van der Waals surface area contributed by atoms with Crippen LogP contribution in [-0.4, -0.2) is 43.2 Å². The molecule has 2 N–H and O–H groups in total. The number of rotatable bonds is 0. The van der Waals surface area contributed by atoms with Gasteiger partial charge in [0.25, 0.3) is 0 Å². The average Bonchev–Trinajstić information content (AvgIpc) is 1.00. The van der Waals surface area contributed by atoms with Gasteiger partial charge >= 0.3 is 57.0 Å². The van der Waals surface area contributed by atoms with Gasteiger partial charge in [-0.05, 0) is 0 Å². The van der Waals surface area contributed by atoms with Gasteiger partial charge in [0, 0.05) is 0 Å². The Balaban J connectivity index is -0.00000000500. The van der Waals surface area contributed by atoms with Crippen LogP contribution in [-0.2, 0) is 19.3 Å². The van der Waals surface area contributed by atoms with Crippen LogP contribution >= 0.6 is 0 Å². The van der Waals surface area contributed by atoms with Gasteiger partial charge in [0.1, 0.15) is 0 Å². The molecule has 0 unspecified atom stereocenters. The Morgan fingerprint density at radius 1 is 1.25 bits per heavy atom. The van der Waals surface area contributed by atoms with Crippen molar-refractivity contribution < 1.29 is 24.8 Å². The molecule has 0 aliphatic rings. The summed E-state index contributed by atoms with van der Waals surface area (Å²) in [7, 11) is 0. The summed E-state index contributed by atoms with van der Waals surface area (Å²) in [4.78, 5) is 0. The van der Waals surface area contributed by atoms with Gasteiger partial charge in [0.05, 0.1) is 0 Å². The van der Waals surface area contributed by atoms with E-state index in [9.17, 15) is 0 Å². The van der Waals surface area contributed by atoms with Crippen LogP contribution in [0.25, 0.3) is 0 Å². The Kier molecular flexibility index (Phi) is 108. The summed E-state index contributed by atoms with van der Waals surface area (Å²) in [6, 6.07) is 0. The van der Waals surface area contributed by atoms with Gasteiger partial charge in [0.2, 0.25) is 0 Å². The molecule has 0 rings (SSSR count). The van der Waals surface area contributed by atoms with E-state index in [0.29, 0.717) is 0 Å². The Labute approximate surface area is 61.8 Å². The van der Waals surface area contributed by atoms with Gasteiger partial charge < -0.3 is 5.48 Å². The van der Waals surface area contributed by atoms with Gasteiger partial charge in [-0.15, -0.1) is 0 Å². The fraction of sp³-hybridized carbons (Fsp3) is 0. The van der Waals surface area contributed by atoms with E-state index in [1.165, 1.54) is 0 Å². The van der Waals surface area contributed by atoms with Gasteiger partial charge in [-0.2, -0.15) is 0 Å². The van der Waals surface area contributed by atoms with Crippen LogP contribution in [0.4, 0.5) is 0 Å². The zero-order valence-electron chi connectivity index (χ0n) is 1.22. The van der Waals surface area contributed by atoms with Crippen molar-refractivity contribution in [1.29, 1.82) is 0 Å². The molecule has 0 atom stereocenters. The first-order valence-corrected chi connectivity index (χ1v) is 0.532. The van der Waals surface area contributed by atoms with E-state index < -0.39 is 0 Å². The summed E-state index contributed by atoms with van der Waals surface area (Å²) in [6.45, 7) is 0. The second-order valence-electron chi connectivity index (χ2n) is 0. The molecular formula is H4CaNiO2. The van der Waals surface area contributed by atoms with Gasteiger partial charge in [-0.25, -0.2) is 0 Å². The third-order valence-electron chi connectivity index (χ3n) is 0. The van der Waals surface area contributed by atoms with E-state index in [4.69, 9.17) is 3.90 Å². The molecule has 4 heteroatoms. The number of hydrogen-bond donors (Lipinski definition) is 0. The molecule has 0 spiro atoms. The zero-order chi connectivity index (χ0) is 2.00. The van der Waals surface area contributed by atoms with Crippen molar-refractivity contribution in [3.63, 3.8) is 0 Å². The molecule has 0 fully saturated rings. The summed E-state index contributed by atoms with van der Waals surface area (Å²) in [5, 5.41) is 0. The molecule has 4 heavy (non-hydrogen) atoms. The molecule has 0 aromatic rings. The molecule has 0 heterocycles. The monoisotopic (exact) mass is 134 g/mol. The first-order valence-electron chi connectivity index (χ1n) is 0.129. The first kappa shape index (κ1) is 17.8. The summed E-state index contributed by atoms with van der Waals surface area (Å²) in [5.74, 6) is 0. The quantitative estimate of drug-likeness (QED) is 0.359. The fourth-order valence-corrected chi connectivity index (χ4v) is 0. The third-order valence-corrected chi connectivity index (χ3v) is 0. The third kappa shape index (κ3) is 9.69. The Morgan fingerprint density at radius 3 is 1.25 bits per heavy atom. The summed E-state index contributed by atoms with van der Waals surface area (Å²) >= 11 is 2.62. The van der Waals surface area contributed by atoms with Crippen molar-refractivity contribution in [3.05, 3.63) is 0 Å². The molecule has 0 bridgehead atoms. The molecule has 2 nitrogen and oxygen atoms in total. The number of hydrogen-bond acceptors (Lipinski definition) is 1. The first-order chi connectivity index (χ1) is 1.00. The van der Waals surface area contributed by atoms with Crippen LogP contribution < -0.4 is 0 Å². The average molecular weight is 135 g/mol. The van der Waals surface area contributed by atoms with Gasteiger partial charge in [-0.1, -0.05) is 0 Å². The maximum atomic E-state index is 7.88. The van der Waals surface area contributed by atoms with Gasteiger partial charge in [0.15, 0.2) is 0 Å². The zero-order valence-corrected chi connectivity index (χ0v) is 2.21. The second kappa shape index (κ2) is 24.3. The molecular weight excluding hydrogens is 131 g/mol. The molecule has 0 saturated carbocycles. The van der Waals surface area contributed by atoms with Crippen LogP contribution in [0.1, 0.15) is 0 Å². The van der Waals surface area contributed by atoms with Crippen molar-refractivity contribution in [2.75, 3.05) is 0 Å². The van der Waals surface area contributed by atoms with Crippen LogP contribution in [0.15, 0.2) is 0 Å².